The van der Waals surface area contributed by atoms with Crippen LogP contribution >= 0.6 is 0 Å². The molecule has 4 atom stereocenters. The zero-order valence-electron chi connectivity index (χ0n) is 22.8. The van der Waals surface area contributed by atoms with Crippen LogP contribution in [0.25, 0.3) is 6.08 Å². The molecule has 2 aromatic rings. The van der Waals surface area contributed by atoms with Gasteiger partial charge in [0.05, 0.1) is 12.5 Å². The molecule has 2 heterocycles. The van der Waals surface area contributed by atoms with Crippen molar-refractivity contribution in [3.05, 3.63) is 71.8 Å². The maximum Gasteiger partial charge on any atom is 0.228 e. The molecular formula is C33H44N2O2. The van der Waals surface area contributed by atoms with Gasteiger partial charge in [-0.1, -0.05) is 87.4 Å². The van der Waals surface area contributed by atoms with Gasteiger partial charge in [-0.05, 0) is 50.0 Å². The van der Waals surface area contributed by atoms with E-state index in [1.807, 2.05) is 13.0 Å². The third-order valence-electron chi connectivity index (χ3n) is 9.47. The number of nitrogens with one attached hydrogen (secondary N) is 1. The van der Waals surface area contributed by atoms with Gasteiger partial charge in [-0.3, -0.25) is 4.79 Å². The molecule has 3 fully saturated rings. The van der Waals surface area contributed by atoms with Crippen molar-refractivity contribution in [2.24, 2.45) is 11.8 Å². The third kappa shape index (κ3) is 5.10. The summed E-state index contributed by atoms with van der Waals surface area (Å²) in [6, 6.07) is 17.6. The van der Waals surface area contributed by atoms with Crippen LogP contribution in [0.15, 0.2) is 55.1 Å². The van der Waals surface area contributed by atoms with E-state index in [4.69, 9.17) is 4.74 Å². The number of amides is 1. The normalized spacial score (nSPS) is 28.7. The molecule has 1 N–H and O–H groups in total. The predicted molar refractivity (Wildman–Crippen MR) is 152 cm³/mol. The minimum Gasteiger partial charge on any atom is -0.493 e. The minimum absolute atomic E-state index is 0.105. The molecule has 0 radical (unpaired) electrons. The molecule has 2 aromatic carbocycles. The second-order valence-corrected chi connectivity index (χ2v) is 11.6. The maximum atomic E-state index is 14.5. The van der Waals surface area contributed by atoms with E-state index in [0.717, 1.165) is 49.4 Å². The molecule has 4 unspecified atom stereocenters. The Bertz CT molecular complexity index is 1080. The number of nitrogens with zero attached hydrogens (tertiary/aromatic N) is 1. The highest BCUT2D eigenvalue weighted by Gasteiger charge is 2.49. The molecule has 3 aliphatic rings. The number of benzene rings is 2. The summed E-state index contributed by atoms with van der Waals surface area (Å²) in [6.45, 7) is 11.2. The molecule has 198 valence electrons. The summed E-state index contributed by atoms with van der Waals surface area (Å²) in [5, 5.41) is 3.59. The van der Waals surface area contributed by atoms with Crippen LogP contribution in [0, 0.1) is 11.8 Å². The van der Waals surface area contributed by atoms with Gasteiger partial charge >= 0.3 is 0 Å². The molecule has 4 nitrogen and oxygen atoms in total. The number of rotatable bonds is 7. The number of hydrogen-bond acceptors (Lipinski definition) is 3. The number of ether oxygens (including phenoxy) is 1. The maximum absolute atomic E-state index is 14.5. The van der Waals surface area contributed by atoms with E-state index in [-0.39, 0.29) is 11.3 Å². The van der Waals surface area contributed by atoms with Crippen molar-refractivity contribution < 1.29 is 9.53 Å². The molecule has 5 rings (SSSR count). The number of carbonyl (C=O) groups is 1. The Morgan fingerprint density at radius 3 is 2.62 bits per heavy atom. The fourth-order valence-corrected chi connectivity index (χ4v) is 7.40. The van der Waals surface area contributed by atoms with Crippen LogP contribution in [-0.4, -0.2) is 43.1 Å². The number of hydrogen-bond donors (Lipinski definition) is 1. The Kier molecular flexibility index (Phi) is 8.04. The van der Waals surface area contributed by atoms with E-state index in [9.17, 15) is 4.79 Å². The Balaban J connectivity index is 1.45. The van der Waals surface area contributed by atoms with E-state index in [1.165, 1.54) is 37.7 Å². The zero-order chi connectivity index (χ0) is 25.8. The molecule has 2 saturated heterocycles. The highest BCUT2D eigenvalue weighted by atomic mass is 16.5. The molecule has 0 aromatic heterocycles. The van der Waals surface area contributed by atoms with Crippen molar-refractivity contribution in [3.8, 4) is 5.75 Å². The Labute approximate surface area is 223 Å². The van der Waals surface area contributed by atoms with Crippen LogP contribution in [0.2, 0.25) is 0 Å². The van der Waals surface area contributed by atoms with Crippen molar-refractivity contribution in [1.82, 2.24) is 10.2 Å². The van der Waals surface area contributed by atoms with Crippen molar-refractivity contribution in [3.63, 3.8) is 0 Å². The summed E-state index contributed by atoms with van der Waals surface area (Å²) in [7, 11) is 0. The van der Waals surface area contributed by atoms with E-state index in [1.54, 1.807) is 0 Å². The molecule has 1 amide bonds. The minimum atomic E-state index is -0.325. The number of carbonyl (C=O) groups excluding carboxylic acids is 1. The SMILES string of the molecule is C=Cc1cccc(C2(C)CNCC2C(=O)N2CCC(c3ccccc3)CC2C2CCCCC2)c1OCC. The molecular weight excluding hydrogens is 456 g/mol. The molecule has 4 heteroatoms. The molecule has 2 aliphatic heterocycles. The van der Waals surface area contributed by atoms with Gasteiger partial charge in [0.25, 0.3) is 0 Å². The Morgan fingerprint density at radius 2 is 1.89 bits per heavy atom. The van der Waals surface area contributed by atoms with Crippen LogP contribution < -0.4 is 10.1 Å². The van der Waals surface area contributed by atoms with Crippen LogP contribution in [0.4, 0.5) is 0 Å². The van der Waals surface area contributed by atoms with Crippen LogP contribution in [0.3, 0.4) is 0 Å². The first-order valence-electron chi connectivity index (χ1n) is 14.5. The van der Waals surface area contributed by atoms with E-state index >= 15 is 0 Å². The summed E-state index contributed by atoms with van der Waals surface area (Å²) in [4.78, 5) is 16.9. The highest BCUT2D eigenvalue weighted by molar-refractivity contribution is 5.82. The number of para-hydroxylation sites is 1. The van der Waals surface area contributed by atoms with Gasteiger partial charge in [0, 0.05) is 42.2 Å². The van der Waals surface area contributed by atoms with Gasteiger partial charge in [0.1, 0.15) is 5.75 Å². The van der Waals surface area contributed by atoms with Gasteiger partial charge in [0.2, 0.25) is 5.91 Å². The van der Waals surface area contributed by atoms with E-state index < -0.39 is 0 Å². The standard InChI is InChI=1S/C33H44N2O2/c1-4-24-17-12-18-28(31(24)37-5-2)33(3)23-34-22-29(33)32(36)35-20-19-27(25-13-8-6-9-14-25)21-30(35)26-15-10-7-11-16-26/h4,6,8-9,12-14,17-18,26-27,29-30,34H,1,5,7,10-11,15-16,19-23H2,2-3H3. The first-order chi connectivity index (χ1) is 18.1. The van der Waals surface area contributed by atoms with Crippen molar-refractivity contribution in [1.29, 1.82) is 0 Å². The largest absolute Gasteiger partial charge is 0.493 e. The summed E-state index contributed by atoms with van der Waals surface area (Å²) >= 11 is 0. The third-order valence-corrected chi connectivity index (χ3v) is 9.47. The van der Waals surface area contributed by atoms with E-state index in [0.29, 0.717) is 30.4 Å². The molecule has 0 bridgehead atoms. The summed E-state index contributed by atoms with van der Waals surface area (Å²) in [6.07, 6.45) is 10.5. The second-order valence-electron chi connectivity index (χ2n) is 11.6. The second kappa shape index (κ2) is 11.4. The fraction of sp³-hybridized carbons (Fsp3) is 0.545. The average molecular weight is 501 g/mol. The van der Waals surface area contributed by atoms with E-state index in [2.05, 4.69) is 72.3 Å². The van der Waals surface area contributed by atoms with Crippen LogP contribution in [0.5, 0.6) is 5.75 Å². The fourth-order valence-electron chi connectivity index (χ4n) is 7.40. The lowest BCUT2D eigenvalue weighted by Gasteiger charge is -2.47. The molecule has 37 heavy (non-hydrogen) atoms. The highest BCUT2D eigenvalue weighted by Crippen LogP contribution is 2.45. The molecule has 0 spiro atoms. The monoisotopic (exact) mass is 500 g/mol. The van der Waals surface area contributed by atoms with Crippen molar-refractivity contribution in [2.75, 3.05) is 26.2 Å². The number of piperidine rings is 1. The van der Waals surface area contributed by atoms with Gasteiger partial charge in [0.15, 0.2) is 0 Å². The first kappa shape index (κ1) is 26.0. The van der Waals surface area contributed by atoms with Crippen molar-refractivity contribution in [2.45, 2.75) is 76.2 Å². The van der Waals surface area contributed by atoms with Crippen LogP contribution in [0.1, 0.15) is 81.4 Å². The van der Waals surface area contributed by atoms with Gasteiger partial charge in [-0.15, -0.1) is 0 Å². The Morgan fingerprint density at radius 1 is 1.11 bits per heavy atom. The zero-order valence-corrected chi connectivity index (χ0v) is 22.8. The van der Waals surface area contributed by atoms with Crippen molar-refractivity contribution >= 4 is 12.0 Å². The van der Waals surface area contributed by atoms with Gasteiger partial charge in [-0.2, -0.15) is 0 Å². The Hall–Kier alpha value is -2.59. The first-order valence-corrected chi connectivity index (χ1v) is 14.5. The summed E-state index contributed by atoms with van der Waals surface area (Å²) in [5.41, 5.74) is 3.24. The lowest BCUT2D eigenvalue weighted by molar-refractivity contribution is -0.142. The lowest BCUT2D eigenvalue weighted by Crippen LogP contribution is -2.54. The molecule has 1 aliphatic carbocycles. The summed E-state index contributed by atoms with van der Waals surface area (Å²) < 4.78 is 6.17. The topological polar surface area (TPSA) is 41.6 Å². The lowest BCUT2D eigenvalue weighted by atomic mass is 9.71. The molecule has 1 saturated carbocycles. The van der Waals surface area contributed by atoms with Crippen LogP contribution in [-0.2, 0) is 10.2 Å². The predicted octanol–water partition coefficient (Wildman–Crippen LogP) is 6.56. The average Bonchev–Trinajstić information content (AvgIpc) is 3.36. The van der Waals surface area contributed by atoms with Gasteiger partial charge in [-0.25, -0.2) is 0 Å². The quantitative estimate of drug-likeness (QED) is 0.468. The summed E-state index contributed by atoms with van der Waals surface area (Å²) in [5.74, 6) is 2.27. The smallest absolute Gasteiger partial charge is 0.228 e. The number of likely N-dealkylation sites (tertiary alicyclic amines) is 1. The van der Waals surface area contributed by atoms with Gasteiger partial charge < -0.3 is 15.0 Å².